The van der Waals surface area contributed by atoms with Crippen LogP contribution in [0.2, 0.25) is 0 Å². The van der Waals surface area contributed by atoms with E-state index in [9.17, 15) is 4.79 Å². The summed E-state index contributed by atoms with van der Waals surface area (Å²) in [6, 6.07) is 3.84. The van der Waals surface area contributed by atoms with Crippen molar-refractivity contribution in [2.75, 3.05) is 13.2 Å². The summed E-state index contributed by atoms with van der Waals surface area (Å²) in [6.45, 7) is 3.60. The van der Waals surface area contributed by atoms with Gasteiger partial charge in [-0.3, -0.25) is 9.78 Å². The van der Waals surface area contributed by atoms with Crippen LogP contribution in [-0.2, 0) is 4.74 Å². The first-order chi connectivity index (χ1) is 8.81. The first-order valence-corrected chi connectivity index (χ1v) is 6.64. The summed E-state index contributed by atoms with van der Waals surface area (Å²) in [4.78, 5) is 18.4. The van der Waals surface area contributed by atoms with Gasteiger partial charge in [-0.1, -0.05) is 0 Å². The standard InChI is InChI=1S/C14H18N2O2/c1-2-18-13-11-3-4-12(13)16(9-11)14(17)10-5-7-15-8-6-10/h5-8,11-13H,2-4,9H2,1H3. The normalized spacial score (nSPS) is 29.8. The van der Waals surface area contributed by atoms with Crippen LogP contribution in [0.4, 0.5) is 0 Å². The number of piperidine rings is 1. The molecule has 4 heteroatoms. The third-order valence-corrected chi connectivity index (χ3v) is 4.06. The first kappa shape index (κ1) is 11.7. The van der Waals surface area contributed by atoms with Gasteiger partial charge >= 0.3 is 0 Å². The van der Waals surface area contributed by atoms with Crippen molar-refractivity contribution in [3.05, 3.63) is 30.1 Å². The highest BCUT2D eigenvalue weighted by Gasteiger charge is 2.49. The molecule has 2 heterocycles. The number of likely N-dealkylation sites (tertiary alicyclic amines) is 1. The zero-order chi connectivity index (χ0) is 12.5. The fraction of sp³-hybridized carbons (Fsp3) is 0.571. The molecule has 0 radical (unpaired) electrons. The minimum Gasteiger partial charge on any atom is -0.376 e. The zero-order valence-electron chi connectivity index (χ0n) is 10.6. The SMILES string of the molecule is CCOC1C2CCC1N(C(=O)c1ccncc1)C2. The second-order valence-electron chi connectivity index (χ2n) is 5.02. The molecule has 3 atom stereocenters. The highest BCUT2D eigenvalue weighted by molar-refractivity contribution is 5.94. The van der Waals surface area contributed by atoms with Crippen molar-refractivity contribution >= 4 is 5.91 Å². The molecule has 0 spiro atoms. The number of hydrogen-bond acceptors (Lipinski definition) is 3. The number of carbonyl (C=O) groups excluding carboxylic acids is 1. The molecule has 2 bridgehead atoms. The molecule has 96 valence electrons. The summed E-state index contributed by atoms with van der Waals surface area (Å²) < 4.78 is 5.80. The lowest BCUT2D eigenvalue weighted by molar-refractivity contribution is 0.0333. The van der Waals surface area contributed by atoms with E-state index in [-0.39, 0.29) is 18.1 Å². The minimum absolute atomic E-state index is 0.120. The number of amides is 1. The summed E-state index contributed by atoms with van der Waals surface area (Å²) in [5.41, 5.74) is 0.729. The van der Waals surface area contributed by atoms with Crippen molar-refractivity contribution in [3.63, 3.8) is 0 Å². The van der Waals surface area contributed by atoms with E-state index in [1.807, 2.05) is 11.8 Å². The van der Waals surface area contributed by atoms with Crippen LogP contribution in [0, 0.1) is 5.92 Å². The number of rotatable bonds is 3. The average Bonchev–Trinajstić information content (AvgIpc) is 2.97. The molecule has 1 amide bonds. The van der Waals surface area contributed by atoms with Crippen molar-refractivity contribution in [2.24, 2.45) is 5.92 Å². The van der Waals surface area contributed by atoms with E-state index in [4.69, 9.17) is 4.74 Å². The molecule has 2 fully saturated rings. The van der Waals surface area contributed by atoms with E-state index in [1.165, 1.54) is 6.42 Å². The molecule has 1 aromatic heterocycles. The topological polar surface area (TPSA) is 42.4 Å². The molecule has 0 aromatic carbocycles. The summed E-state index contributed by atoms with van der Waals surface area (Å²) in [5, 5.41) is 0. The molecule has 1 saturated carbocycles. The number of aromatic nitrogens is 1. The van der Waals surface area contributed by atoms with Crippen LogP contribution in [0.15, 0.2) is 24.5 Å². The molecule has 1 aliphatic carbocycles. The fourth-order valence-corrected chi connectivity index (χ4v) is 3.28. The van der Waals surface area contributed by atoms with Crippen molar-refractivity contribution in [3.8, 4) is 0 Å². The van der Waals surface area contributed by atoms with Crippen LogP contribution < -0.4 is 0 Å². The Kier molecular flexibility index (Phi) is 3.04. The number of carbonyl (C=O) groups is 1. The Morgan fingerprint density at radius 2 is 2.22 bits per heavy atom. The van der Waals surface area contributed by atoms with Crippen LogP contribution in [0.1, 0.15) is 30.1 Å². The molecule has 1 aliphatic heterocycles. The molecular formula is C14H18N2O2. The maximum absolute atomic E-state index is 12.4. The fourth-order valence-electron chi connectivity index (χ4n) is 3.28. The second-order valence-corrected chi connectivity index (χ2v) is 5.02. The van der Waals surface area contributed by atoms with Gasteiger partial charge in [0.1, 0.15) is 0 Å². The minimum atomic E-state index is 0.120. The number of nitrogens with zero attached hydrogens (tertiary/aromatic N) is 2. The van der Waals surface area contributed by atoms with Crippen molar-refractivity contribution in [2.45, 2.75) is 31.9 Å². The molecule has 2 aliphatic rings. The maximum Gasteiger partial charge on any atom is 0.254 e. The lowest BCUT2D eigenvalue weighted by Crippen LogP contribution is -2.39. The lowest BCUT2D eigenvalue weighted by Gasteiger charge is -2.27. The monoisotopic (exact) mass is 246 g/mol. The predicted molar refractivity (Wildman–Crippen MR) is 67.2 cm³/mol. The summed E-state index contributed by atoms with van der Waals surface area (Å²) in [7, 11) is 0. The summed E-state index contributed by atoms with van der Waals surface area (Å²) >= 11 is 0. The Balaban J connectivity index is 1.77. The molecule has 3 unspecified atom stereocenters. The summed E-state index contributed by atoms with van der Waals surface area (Å²) in [6.07, 6.45) is 5.85. The van der Waals surface area contributed by atoms with Crippen molar-refractivity contribution in [1.82, 2.24) is 9.88 Å². The van der Waals surface area contributed by atoms with Crippen LogP contribution in [0.5, 0.6) is 0 Å². The van der Waals surface area contributed by atoms with Crippen LogP contribution in [0.25, 0.3) is 0 Å². The predicted octanol–water partition coefficient (Wildman–Crippen LogP) is 1.72. The third-order valence-electron chi connectivity index (χ3n) is 4.06. The highest BCUT2D eigenvalue weighted by atomic mass is 16.5. The molecule has 4 nitrogen and oxygen atoms in total. The van der Waals surface area contributed by atoms with Gasteiger partial charge in [0.25, 0.3) is 5.91 Å². The van der Waals surface area contributed by atoms with E-state index >= 15 is 0 Å². The van der Waals surface area contributed by atoms with E-state index < -0.39 is 0 Å². The quantitative estimate of drug-likeness (QED) is 0.815. The molecular weight excluding hydrogens is 228 g/mol. The van der Waals surface area contributed by atoms with Gasteiger partial charge in [-0.2, -0.15) is 0 Å². The van der Waals surface area contributed by atoms with Crippen molar-refractivity contribution in [1.29, 1.82) is 0 Å². The van der Waals surface area contributed by atoms with E-state index in [1.54, 1.807) is 24.5 Å². The first-order valence-electron chi connectivity index (χ1n) is 6.64. The van der Waals surface area contributed by atoms with Gasteiger partial charge in [-0.15, -0.1) is 0 Å². The molecule has 18 heavy (non-hydrogen) atoms. The van der Waals surface area contributed by atoms with Gasteiger partial charge in [0.15, 0.2) is 0 Å². The summed E-state index contributed by atoms with van der Waals surface area (Å²) in [5.74, 6) is 0.648. The van der Waals surface area contributed by atoms with E-state index in [0.29, 0.717) is 5.92 Å². The Morgan fingerprint density at radius 3 is 2.94 bits per heavy atom. The Labute approximate surface area is 107 Å². The zero-order valence-corrected chi connectivity index (χ0v) is 10.6. The van der Waals surface area contributed by atoms with Gasteiger partial charge in [-0.25, -0.2) is 0 Å². The largest absolute Gasteiger partial charge is 0.376 e. The Morgan fingerprint density at radius 1 is 1.44 bits per heavy atom. The van der Waals surface area contributed by atoms with Crippen LogP contribution >= 0.6 is 0 Å². The average molecular weight is 246 g/mol. The van der Waals surface area contributed by atoms with Gasteiger partial charge < -0.3 is 9.64 Å². The number of ether oxygens (including phenoxy) is 1. The van der Waals surface area contributed by atoms with Crippen molar-refractivity contribution < 1.29 is 9.53 Å². The van der Waals surface area contributed by atoms with E-state index in [2.05, 4.69) is 4.98 Å². The van der Waals surface area contributed by atoms with Gasteiger partial charge in [-0.05, 0) is 31.9 Å². The lowest BCUT2D eigenvalue weighted by atomic mass is 10.1. The second kappa shape index (κ2) is 4.69. The van der Waals surface area contributed by atoms with E-state index in [0.717, 1.165) is 25.1 Å². The third kappa shape index (κ3) is 1.81. The smallest absolute Gasteiger partial charge is 0.254 e. The molecule has 0 N–H and O–H groups in total. The number of pyridine rings is 1. The molecule has 3 rings (SSSR count). The Hall–Kier alpha value is -1.42. The van der Waals surface area contributed by atoms with Gasteiger partial charge in [0, 0.05) is 37.0 Å². The number of fused-ring (bicyclic) bond motifs is 2. The van der Waals surface area contributed by atoms with Gasteiger partial charge in [0.2, 0.25) is 0 Å². The van der Waals surface area contributed by atoms with Crippen LogP contribution in [-0.4, -0.2) is 41.1 Å². The number of hydrogen-bond donors (Lipinski definition) is 0. The Bertz CT molecular complexity index is 435. The molecule has 1 saturated heterocycles. The molecule has 1 aromatic rings. The highest BCUT2D eigenvalue weighted by Crippen LogP contribution is 2.40. The maximum atomic E-state index is 12.4. The van der Waals surface area contributed by atoms with Gasteiger partial charge in [0.05, 0.1) is 12.1 Å². The van der Waals surface area contributed by atoms with Crippen LogP contribution in [0.3, 0.4) is 0 Å².